The summed E-state index contributed by atoms with van der Waals surface area (Å²) in [5.41, 5.74) is 1.22. The topological polar surface area (TPSA) is 24.4 Å². The summed E-state index contributed by atoms with van der Waals surface area (Å²) in [5.74, 6) is 0. The monoisotopic (exact) mass is 140 g/mol. The van der Waals surface area contributed by atoms with Gasteiger partial charge in [0, 0.05) is 19.3 Å². The summed E-state index contributed by atoms with van der Waals surface area (Å²) < 4.78 is 0. The standard InChI is InChI=1S/C8H16N2/c1-4-10-7-8(2)5-6-9-3/h5,7,9H,4,6H2,1-3H3. The average molecular weight is 140 g/mol. The van der Waals surface area contributed by atoms with E-state index in [1.54, 1.807) is 0 Å². The Balaban J connectivity index is 3.59. The quantitative estimate of drug-likeness (QED) is 0.584. The number of nitrogens with one attached hydrogen (secondary N) is 1. The lowest BCUT2D eigenvalue weighted by atomic mass is 10.3. The Morgan fingerprint density at radius 1 is 1.60 bits per heavy atom. The smallest absolute Gasteiger partial charge is 0.0361 e. The predicted molar refractivity (Wildman–Crippen MR) is 46.7 cm³/mol. The van der Waals surface area contributed by atoms with Gasteiger partial charge in [-0.1, -0.05) is 6.08 Å². The van der Waals surface area contributed by atoms with Crippen molar-refractivity contribution in [2.45, 2.75) is 13.8 Å². The molecule has 10 heavy (non-hydrogen) atoms. The summed E-state index contributed by atoms with van der Waals surface area (Å²) in [4.78, 5) is 4.10. The van der Waals surface area contributed by atoms with Gasteiger partial charge in [-0.15, -0.1) is 0 Å². The van der Waals surface area contributed by atoms with Crippen molar-refractivity contribution in [3.8, 4) is 0 Å². The highest BCUT2D eigenvalue weighted by Crippen LogP contribution is 1.85. The fraction of sp³-hybridized carbons (Fsp3) is 0.625. The Kier molecular flexibility index (Phi) is 6.08. The van der Waals surface area contributed by atoms with Crippen molar-refractivity contribution in [1.29, 1.82) is 0 Å². The molecule has 0 saturated heterocycles. The molecule has 2 heteroatoms. The van der Waals surface area contributed by atoms with E-state index in [2.05, 4.69) is 23.3 Å². The van der Waals surface area contributed by atoms with Crippen LogP contribution in [0.4, 0.5) is 0 Å². The van der Waals surface area contributed by atoms with Crippen molar-refractivity contribution in [2.75, 3.05) is 20.1 Å². The van der Waals surface area contributed by atoms with Gasteiger partial charge in [0.05, 0.1) is 0 Å². The maximum atomic E-state index is 4.10. The number of hydrogen-bond acceptors (Lipinski definition) is 2. The molecular weight excluding hydrogens is 124 g/mol. The summed E-state index contributed by atoms with van der Waals surface area (Å²) in [5, 5.41) is 3.04. The van der Waals surface area contributed by atoms with E-state index in [9.17, 15) is 0 Å². The minimum Gasteiger partial charge on any atom is -0.316 e. The van der Waals surface area contributed by atoms with Gasteiger partial charge >= 0.3 is 0 Å². The second-order valence-corrected chi connectivity index (χ2v) is 2.13. The molecule has 0 aliphatic carbocycles. The van der Waals surface area contributed by atoms with Crippen molar-refractivity contribution in [1.82, 2.24) is 5.32 Å². The number of allylic oxidation sites excluding steroid dienone is 1. The van der Waals surface area contributed by atoms with Crippen LogP contribution in [0.25, 0.3) is 0 Å². The number of likely N-dealkylation sites (N-methyl/N-ethyl adjacent to an activating group) is 1. The summed E-state index contributed by atoms with van der Waals surface area (Å²) in [6.07, 6.45) is 4.01. The lowest BCUT2D eigenvalue weighted by molar-refractivity contribution is 0.916. The molecule has 58 valence electrons. The van der Waals surface area contributed by atoms with Crippen LogP contribution in [0.1, 0.15) is 13.8 Å². The van der Waals surface area contributed by atoms with Crippen LogP contribution in [-0.4, -0.2) is 26.4 Å². The van der Waals surface area contributed by atoms with E-state index < -0.39 is 0 Å². The first-order valence-electron chi connectivity index (χ1n) is 3.62. The zero-order chi connectivity index (χ0) is 7.82. The second kappa shape index (κ2) is 6.49. The molecule has 0 unspecified atom stereocenters. The van der Waals surface area contributed by atoms with E-state index in [1.165, 1.54) is 5.57 Å². The van der Waals surface area contributed by atoms with E-state index in [-0.39, 0.29) is 0 Å². The fourth-order valence-electron chi connectivity index (χ4n) is 0.551. The molecule has 0 saturated carbocycles. The third-order valence-electron chi connectivity index (χ3n) is 1.11. The number of aliphatic imine (C=N–C) groups is 1. The molecule has 1 N–H and O–H groups in total. The Bertz CT molecular complexity index is 125. The second-order valence-electron chi connectivity index (χ2n) is 2.13. The van der Waals surface area contributed by atoms with Gasteiger partial charge in [0.2, 0.25) is 0 Å². The van der Waals surface area contributed by atoms with Crippen LogP contribution in [0.5, 0.6) is 0 Å². The first-order valence-corrected chi connectivity index (χ1v) is 3.62. The van der Waals surface area contributed by atoms with Crippen LogP contribution < -0.4 is 5.32 Å². The molecule has 0 atom stereocenters. The molecule has 0 amide bonds. The van der Waals surface area contributed by atoms with E-state index in [0.29, 0.717) is 0 Å². The van der Waals surface area contributed by atoms with Gasteiger partial charge in [-0.2, -0.15) is 0 Å². The largest absolute Gasteiger partial charge is 0.316 e. The van der Waals surface area contributed by atoms with Crippen molar-refractivity contribution < 1.29 is 0 Å². The normalized spacial score (nSPS) is 12.9. The molecule has 0 heterocycles. The first kappa shape index (κ1) is 9.37. The third-order valence-corrected chi connectivity index (χ3v) is 1.11. The third kappa shape index (κ3) is 5.51. The van der Waals surface area contributed by atoms with Crippen LogP contribution in [0.3, 0.4) is 0 Å². The van der Waals surface area contributed by atoms with Crippen molar-refractivity contribution in [3.63, 3.8) is 0 Å². The molecule has 0 aromatic heterocycles. The minimum atomic E-state index is 0.866. The van der Waals surface area contributed by atoms with Gasteiger partial charge < -0.3 is 5.32 Å². The van der Waals surface area contributed by atoms with Gasteiger partial charge in [-0.05, 0) is 26.5 Å². The van der Waals surface area contributed by atoms with Gasteiger partial charge in [0.25, 0.3) is 0 Å². The van der Waals surface area contributed by atoms with Crippen LogP contribution in [0, 0.1) is 0 Å². The van der Waals surface area contributed by atoms with Crippen LogP contribution >= 0.6 is 0 Å². The molecule has 0 radical (unpaired) electrons. The predicted octanol–water partition coefficient (Wildman–Crippen LogP) is 1.24. The molecule has 0 aromatic carbocycles. The molecule has 0 spiro atoms. The highest BCUT2D eigenvalue weighted by Gasteiger charge is 1.79. The lowest BCUT2D eigenvalue weighted by Gasteiger charge is -1.91. The zero-order valence-electron chi connectivity index (χ0n) is 7.02. The van der Waals surface area contributed by atoms with Crippen molar-refractivity contribution in [2.24, 2.45) is 4.99 Å². The van der Waals surface area contributed by atoms with Crippen molar-refractivity contribution >= 4 is 6.21 Å². The van der Waals surface area contributed by atoms with E-state index >= 15 is 0 Å². The van der Waals surface area contributed by atoms with Crippen LogP contribution in [0.15, 0.2) is 16.6 Å². The van der Waals surface area contributed by atoms with Gasteiger partial charge in [-0.3, -0.25) is 4.99 Å². The summed E-state index contributed by atoms with van der Waals surface area (Å²) in [6, 6.07) is 0. The molecule has 0 aliphatic heterocycles. The molecule has 0 fully saturated rings. The maximum Gasteiger partial charge on any atom is 0.0361 e. The van der Waals surface area contributed by atoms with E-state index in [0.717, 1.165) is 13.1 Å². The maximum absolute atomic E-state index is 4.10. The average Bonchev–Trinajstić information content (AvgIpc) is 1.97. The van der Waals surface area contributed by atoms with E-state index in [1.807, 2.05) is 20.2 Å². The highest BCUT2D eigenvalue weighted by atomic mass is 14.8. The molecule has 0 aromatic rings. The number of nitrogens with zero attached hydrogens (tertiary/aromatic N) is 1. The first-order chi connectivity index (χ1) is 4.81. The number of rotatable bonds is 4. The summed E-state index contributed by atoms with van der Waals surface area (Å²) in [7, 11) is 1.93. The highest BCUT2D eigenvalue weighted by molar-refractivity contribution is 5.77. The number of hydrogen-bond donors (Lipinski definition) is 1. The molecule has 0 aliphatic rings. The Morgan fingerprint density at radius 3 is 2.80 bits per heavy atom. The lowest BCUT2D eigenvalue weighted by Crippen LogP contribution is -2.04. The molecule has 2 nitrogen and oxygen atoms in total. The fourth-order valence-corrected chi connectivity index (χ4v) is 0.551. The Hall–Kier alpha value is -0.630. The minimum absolute atomic E-state index is 0.866. The van der Waals surface area contributed by atoms with Crippen LogP contribution in [-0.2, 0) is 0 Å². The van der Waals surface area contributed by atoms with Gasteiger partial charge in [-0.25, -0.2) is 0 Å². The zero-order valence-corrected chi connectivity index (χ0v) is 7.02. The summed E-state index contributed by atoms with van der Waals surface area (Å²) >= 11 is 0. The molecular formula is C8H16N2. The molecule has 0 rings (SSSR count). The van der Waals surface area contributed by atoms with Gasteiger partial charge in [0.15, 0.2) is 0 Å². The summed E-state index contributed by atoms with van der Waals surface area (Å²) in [6.45, 7) is 5.87. The molecule has 0 bridgehead atoms. The van der Waals surface area contributed by atoms with Gasteiger partial charge in [0.1, 0.15) is 0 Å². The Labute approximate surface area is 63.0 Å². The Morgan fingerprint density at radius 2 is 2.30 bits per heavy atom. The van der Waals surface area contributed by atoms with E-state index in [4.69, 9.17) is 0 Å². The SMILES string of the molecule is CCN=CC(C)=CCNC. The van der Waals surface area contributed by atoms with Crippen LogP contribution in [0.2, 0.25) is 0 Å². The van der Waals surface area contributed by atoms with Crippen molar-refractivity contribution in [3.05, 3.63) is 11.6 Å².